The number of aromatic nitrogens is 4. The zero-order chi connectivity index (χ0) is 17.2. The summed E-state index contributed by atoms with van der Waals surface area (Å²) < 4.78 is 38.1. The van der Waals surface area contributed by atoms with Crippen LogP contribution in [0, 0.1) is 6.92 Å². The third-order valence-electron chi connectivity index (χ3n) is 3.96. The molecule has 0 spiro atoms. The fourth-order valence-electron chi connectivity index (χ4n) is 2.75. The molecular weight excluding hydrogens is 321 g/mol. The Hall–Kier alpha value is -2.45. The van der Waals surface area contributed by atoms with Gasteiger partial charge >= 0.3 is 6.18 Å². The molecule has 0 aliphatic carbocycles. The van der Waals surface area contributed by atoms with Crippen molar-refractivity contribution in [2.45, 2.75) is 32.0 Å². The predicted molar refractivity (Wildman–Crippen MR) is 82.7 cm³/mol. The molecule has 0 aromatic carbocycles. The van der Waals surface area contributed by atoms with Crippen LogP contribution in [0.5, 0.6) is 0 Å². The van der Waals surface area contributed by atoms with Crippen LogP contribution in [0.2, 0.25) is 0 Å². The number of piperidine rings is 1. The van der Waals surface area contributed by atoms with Crippen molar-refractivity contribution in [1.82, 2.24) is 19.9 Å². The highest BCUT2D eigenvalue weighted by molar-refractivity contribution is 5.43. The maximum Gasteiger partial charge on any atom is 0.433 e. The van der Waals surface area contributed by atoms with E-state index in [0.29, 0.717) is 0 Å². The molecule has 3 rings (SSSR count). The third kappa shape index (κ3) is 3.72. The molecule has 1 aliphatic rings. The lowest BCUT2D eigenvalue weighted by atomic mass is 10.0. The van der Waals surface area contributed by atoms with Crippen LogP contribution in [0.3, 0.4) is 0 Å². The largest absolute Gasteiger partial charge is 0.433 e. The monoisotopic (exact) mass is 338 g/mol. The zero-order valence-electron chi connectivity index (χ0n) is 13.1. The van der Waals surface area contributed by atoms with Gasteiger partial charge in [0, 0.05) is 37.6 Å². The topological polar surface area (TPSA) is 66.8 Å². The lowest BCUT2D eigenvalue weighted by Crippen LogP contribution is -2.40. The first-order chi connectivity index (χ1) is 11.4. The van der Waals surface area contributed by atoms with Crippen LogP contribution in [0.25, 0.3) is 0 Å². The van der Waals surface area contributed by atoms with E-state index in [1.807, 2.05) is 6.92 Å². The number of halogens is 3. The van der Waals surface area contributed by atoms with Gasteiger partial charge in [-0.25, -0.2) is 15.0 Å². The number of alkyl halides is 3. The standard InChI is InChI=1S/C15H17F3N6/c1-10-14(20-5-4-19-10)24-6-2-11(3-7-24)23-13-8-12(15(16,17)18)21-9-22-13/h4-5,8-9,11H,2-3,6-7H2,1H3,(H,21,22,23). The average Bonchev–Trinajstić information content (AvgIpc) is 2.56. The van der Waals surface area contributed by atoms with E-state index in [4.69, 9.17) is 0 Å². The summed E-state index contributed by atoms with van der Waals surface area (Å²) in [4.78, 5) is 17.9. The maximum absolute atomic E-state index is 12.7. The van der Waals surface area contributed by atoms with Crippen molar-refractivity contribution >= 4 is 11.6 Å². The Morgan fingerprint density at radius 3 is 2.46 bits per heavy atom. The molecule has 128 valence electrons. The summed E-state index contributed by atoms with van der Waals surface area (Å²) in [5, 5.41) is 3.07. The van der Waals surface area contributed by atoms with Crippen molar-refractivity contribution in [1.29, 1.82) is 0 Å². The van der Waals surface area contributed by atoms with Gasteiger partial charge in [0.15, 0.2) is 0 Å². The SMILES string of the molecule is Cc1nccnc1N1CCC(Nc2cc(C(F)(F)F)ncn2)CC1. The number of hydrogen-bond donors (Lipinski definition) is 1. The first-order valence-electron chi connectivity index (χ1n) is 7.62. The number of anilines is 2. The van der Waals surface area contributed by atoms with Crippen molar-refractivity contribution in [3.8, 4) is 0 Å². The van der Waals surface area contributed by atoms with Crippen molar-refractivity contribution < 1.29 is 13.2 Å². The highest BCUT2D eigenvalue weighted by Gasteiger charge is 2.33. The molecule has 0 unspecified atom stereocenters. The van der Waals surface area contributed by atoms with E-state index in [9.17, 15) is 13.2 Å². The molecule has 0 radical (unpaired) electrons. The minimum absolute atomic E-state index is 0.0641. The van der Waals surface area contributed by atoms with E-state index in [2.05, 4.69) is 30.2 Å². The van der Waals surface area contributed by atoms with Crippen LogP contribution in [-0.2, 0) is 6.18 Å². The molecule has 1 fully saturated rings. The van der Waals surface area contributed by atoms with E-state index >= 15 is 0 Å². The van der Waals surface area contributed by atoms with E-state index < -0.39 is 11.9 Å². The van der Waals surface area contributed by atoms with E-state index in [1.54, 1.807) is 12.4 Å². The second-order valence-corrected chi connectivity index (χ2v) is 5.66. The van der Waals surface area contributed by atoms with Gasteiger partial charge in [0.05, 0.1) is 5.69 Å². The fourth-order valence-corrected chi connectivity index (χ4v) is 2.75. The van der Waals surface area contributed by atoms with Crippen molar-refractivity contribution in [2.75, 3.05) is 23.3 Å². The normalized spacial score (nSPS) is 16.2. The number of nitrogens with one attached hydrogen (secondary N) is 1. The van der Waals surface area contributed by atoms with Gasteiger partial charge in [-0.15, -0.1) is 0 Å². The minimum atomic E-state index is -4.47. The zero-order valence-corrected chi connectivity index (χ0v) is 13.1. The van der Waals surface area contributed by atoms with Gasteiger partial charge in [-0.3, -0.25) is 4.98 Å². The third-order valence-corrected chi connectivity index (χ3v) is 3.96. The highest BCUT2D eigenvalue weighted by Crippen LogP contribution is 2.28. The van der Waals surface area contributed by atoms with E-state index in [1.165, 1.54) is 0 Å². The van der Waals surface area contributed by atoms with Gasteiger partial charge in [-0.2, -0.15) is 13.2 Å². The summed E-state index contributed by atoms with van der Waals surface area (Å²) in [6.45, 7) is 3.43. The molecule has 24 heavy (non-hydrogen) atoms. The van der Waals surface area contributed by atoms with Crippen LogP contribution in [-0.4, -0.2) is 39.1 Å². The van der Waals surface area contributed by atoms with Crippen LogP contribution in [0.4, 0.5) is 24.8 Å². The van der Waals surface area contributed by atoms with Crippen LogP contribution in [0.15, 0.2) is 24.8 Å². The first kappa shape index (κ1) is 16.4. The van der Waals surface area contributed by atoms with Crippen molar-refractivity contribution in [3.05, 3.63) is 36.2 Å². The quantitative estimate of drug-likeness (QED) is 0.928. The molecule has 0 saturated carbocycles. The van der Waals surface area contributed by atoms with Crippen molar-refractivity contribution in [3.63, 3.8) is 0 Å². The molecule has 2 aromatic rings. The number of rotatable bonds is 3. The molecule has 9 heteroatoms. The maximum atomic E-state index is 12.7. The fraction of sp³-hybridized carbons (Fsp3) is 0.467. The Kier molecular flexibility index (Phi) is 4.50. The Morgan fingerprint density at radius 1 is 1.08 bits per heavy atom. The van der Waals surface area contributed by atoms with E-state index in [-0.39, 0.29) is 11.9 Å². The Bertz CT molecular complexity index is 698. The summed E-state index contributed by atoms with van der Waals surface area (Å²) >= 11 is 0. The second kappa shape index (κ2) is 6.58. The molecule has 0 atom stereocenters. The molecule has 1 saturated heterocycles. The van der Waals surface area contributed by atoms with Gasteiger partial charge in [-0.05, 0) is 19.8 Å². The predicted octanol–water partition coefficient (Wildman–Crippen LogP) is 2.67. The molecule has 2 aromatic heterocycles. The highest BCUT2D eigenvalue weighted by atomic mass is 19.4. The lowest BCUT2D eigenvalue weighted by molar-refractivity contribution is -0.141. The Labute approximate surface area is 137 Å². The lowest BCUT2D eigenvalue weighted by Gasteiger charge is -2.33. The molecule has 6 nitrogen and oxygen atoms in total. The summed E-state index contributed by atoms with van der Waals surface area (Å²) in [5.74, 6) is 1.06. The molecule has 1 aliphatic heterocycles. The average molecular weight is 338 g/mol. The number of hydrogen-bond acceptors (Lipinski definition) is 6. The molecule has 0 bridgehead atoms. The van der Waals surface area contributed by atoms with Gasteiger partial charge in [0.2, 0.25) is 0 Å². The smallest absolute Gasteiger partial charge is 0.367 e. The summed E-state index contributed by atoms with van der Waals surface area (Å²) in [7, 11) is 0. The Morgan fingerprint density at radius 2 is 1.79 bits per heavy atom. The van der Waals surface area contributed by atoms with Crippen LogP contribution >= 0.6 is 0 Å². The summed E-state index contributed by atoms with van der Waals surface area (Å²) in [5.41, 5.74) is -0.0675. The van der Waals surface area contributed by atoms with Gasteiger partial charge in [0.1, 0.15) is 23.7 Å². The first-order valence-corrected chi connectivity index (χ1v) is 7.62. The van der Waals surface area contributed by atoms with Crippen LogP contribution in [0.1, 0.15) is 24.2 Å². The van der Waals surface area contributed by atoms with Crippen molar-refractivity contribution in [2.24, 2.45) is 0 Å². The molecule has 3 heterocycles. The molecule has 0 amide bonds. The number of nitrogens with zero attached hydrogens (tertiary/aromatic N) is 5. The van der Waals surface area contributed by atoms with Gasteiger partial charge in [-0.1, -0.05) is 0 Å². The summed E-state index contributed by atoms with van der Waals surface area (Å²) in [6.07, 6.45) is 1.34. The van der Waals surface area contributed by atoms with Crippen LogP contribution < -0.4 is 10.2 Å². The molecule has 1 N–H and O–H groups in total. The number of aryl methyl sites for hydroxylation is 1. The summed E-state index contributed by atoms with van der Waals surface area (Å²) in [6, 6.07) is 1.01. The van der Waals surface area contributed by atoms with E-state index in [0.717, 1.165) is 49.8 Å². The minimum Gasteiger partial charge on any atom is -0.367 e. The molecular formula is C15H17F3N6. The van der Waals surface area contributed by atoms with Gasteiger partial charge < -0.3 is 10.2 Å². The second-order valence-electron chi connectivity index (χ2n) is 5.66. The Balaban J connectivity index is 1.61. The van der Waals surface area contributed by atoms with Gasteiger partial charge in [0.25, 0.3) is 0 Å².